The zero-order chi connectivity index (χ0) is 12.5. The third-order valence-corrected chi connectivity index (χ3v) is 3.06. The number of rotatable bonds is 2. The van der Waals surface area contributed by atoms with Crippen molar-refractivity contribution in [1.82, 2.24) is 4.98 Å². The Bertz CT molecular complexity index is 686. The third kappa shape index (κ3) is 2.04. The lowest BCUT2D eigenvalue weighted by atomic mass is 10.3. The van der Waals surface area contributed by atoms with Crippen molar-refractivity contribution in [1.29, 1.82) is 0 Å². The van der Waals surface area contributed by atoms with Crippen LogP contribution < -0.4 is 5.32 Å². The van der Waals surface area contributed by atoms with Gasteiger partial charge in [-0.15, -0.1) is 0 Å². The Labute approximate surface area is 111 Å². The maximum Gasteiger partial charge on any atom is 0.272 e. The third-order valence-electron chi connectivity index (χ3n) is 2.57. The number of nitrogens with one attached hydrogen (secondary N) is 2. The average molecular weight is 305 g/mol. The molecular weight excluding hydrogens is 296 g/mol. The van der Waals surface area contributed by atoms with E-state index in [0.717, 1.165) is 15.7 Å². The van der Waals surface area contributed by atoms with Crippen LogP contribution in [0.5, 0.6) is 0 Å². The highest BCUT2D eigenvalue weighted by molar-refractivity contribution is 9.10. The minimum atomic E-state index is -0.195. The number of hydrogen-bond acceptors (Lipinski definition) is 2. The fourth-order valence-corrected chi connectivity index (χ4v) is 2.13. The summed E-state index contributed by atoms with van der Waals surface area (Å²) in [5.41, 5.74) is 2.70. The van der Waals surface area contributed by atoms with E-state index in [1.54, 1.807) is 18.4 Å². The van der Waals surface area contributed by atoms with Crippen LogP contribution in [0.25, 0.3) is 11.1 Å². The molecule has 4 nitrogen and oxygen atoms in total. The van der Waals surface area contributed by atoms with Gasteiger partial charge in [-0.3, -0.25) is 4.79 Å². The number of hydrogen-bond donors (Lipinski definition) is 2. The number of anilines is 1. The minimum Gasteiger partial charge on any atom is -0.463 e. The molecule has 0 atom stereocenters. The van der Waals surface area contributed by atoms with E-state index in [4.69, 9.17) is 4.42 Å². The summed E-state index contributed by atoms with van der Waals surface area (Å²) in [6.07, 6.45) is 1.58. The lowest BCUT2D eigenvalue weighted by Crippen LogP contribution is -2.12. The molecule has 0 fully saturated rings. The first-order valence-corrected chi connectivity index (χ1v) is 6.15. The lowest BCUT2D eigenvalue weighted by Gasteiger charge is -2.03. The molecule has 18 heavy (non-hydrogen) atoms. The molecular formula is C13H9BrN2O2. The molecule has 0 saturated heterocycles. The van der Waals surface area contributed by atoms with Crippen LogP contribution in [0.3, 0.4) is 0 Å². The van der Waals surface area contributed by atoms with Crippen LogP contribution in [0.4, 0.5) is 5.69 Å². The molecule has 0 unspecified atom stereocenters. The molecule has 1 amide bonds. The Morgan fingerprint density at radius 3 is 2.94 bits per heavy atom. The molecule has 3 rings (SSSR count). The molecule has 0 aliphatic carbocycles. The molecule has 0 bridgehead atoms. The van der Waals surface area contributed by atoms with Gasteiger partial charge < -0.3 is 14.7 Å². The fraction of sp³-hybridized carbons (Fsp3) is 0. The van der Waals surface area contributed by atoms with Crippen molar-refractivity contribution >= 4 is 38.6 Å². The van der Waals surface area contributed by atoms with Gasteiger partial charge in [0, 0.05) is 22.3 Å². The molecule has 2 N–H and O–H groups in total. The van der Waals surface area contributed by atoms with E-state index in [9.17, 15) is 4.79 Å². The predicted octanol–water partition coefficient (Wildman–Crippen LogP) is 3.78. The van der Waals surface area contributed by atoms with Gasteiger partial charge in [0.1, 0.15) is 5.69 Å². The summed E-state index contributed by atoms with van der Waals surface area (Å²) in [6, 6.07) is 10.9. The summed E-state index contributed by atoms with van der Waals surface area (Å²) < 4.78 is 6.12. The Kier molecular flexibility index (Phi) is 2.68. The molecule has 2 aromatic heterocycles. The first-order valence-electron chi connectivity index (χ1n) is 5.35. The van der Waals surface area contributed by atoms with E-state index in [2.05, 4.69) is 26.2 Å². The maximum atomic E-state index is 12.0. The highest BCUT2D eigenvalue weighted by Crippen LogP contribution is 2.19. The van der Waals surface area contributed by atoms with E-state index < -0.39 is 0 Å². The first-order chi connectivity index (χ1) is 8.72. The van der Waals surface area contributed by atoms with Crippen LogP contribution in [0.1, 0.15) is 10.5 Å². The van der Waals surface area contributed by atoms with Crippen LogP contribution in [0, 0.1) is 0 Å². The van der Waals surface area contributed by atoms with Gasteiger partial charge in [-0.2, -0.15) is 0 Å². The maximum absolute atomic E-state index is 12.0. The van der Waals surface area contributed by atoms with E-state index in [1.165, 1.54) is 0 Å². The number of aromatic nitrogens is 1. The molecule has 0 spiro atoms. The number of H-pyrrole nitrogens is 1. The van der Waals surface area contributed by atoms with Gasteiger partial charge >= 0.3 is 0 Å². The molecule has 0 aliphatic rings. The molecule has 0 aliphatic heterocycles. The van der Waals surface area contributed by atoms with Gasteiger partial charge in [-0.05, 0) is 18.2 Å². The van der Waals surface area contributed by atoms with Crippen molar-refractivity contribution < 1.29 is 9.21 Å². The molecule has 3 aromatic rings. The Hall–Kier alpha value is -2.01. The standard InChI is InChI=1S/C13H9BrN2O2/c14-8-2-1-3-9(6-8)15-13(17)11-7-12-10(16-11)4-5-18-12/h1-7,16H,(H,15,17). The summed E-state index contributed by atoms with van der Waals surface area (Å²) in [5, 5.41) is 2.81. The number of carbonyl (C=O) groups is 1. The summed E-state index contributed by atoms with van der Waals surface area (Å²) in [5.74, 6) is -0.195. The van der Waals surface area contributed by atoms with E-state index >= 15 is 0 Å². The molecule has 0 radical (unpaired) electrons. The van der Waals surface area contributed by atoms with Crippen LogP contribution in [0.15, 0.2) is 51.6 Å². The second-order valence-electron chi connectivity index (χ2n) is 3.85. The number of amides is 1. The van der Waals surface area contributed by atoms with Gasteiger partial charge in [0.05, 0.1) is 11.8 Å². The summed E-state index contributed by atoms with van der Waals surface area (Å²) in [4.78, 5) is 15.0. The van der Waals surface area contributed by atoms with E-state index in [1.807, 2.05) is 24.3 Å². The van der Waals surface area contributed by atoms with Crippen molar-refractivity contribution in [2.24, 2.45) is 0 Å². The van der Waals surface area contributed by atoms with Crippen molar-refractivity contribution in [3.05, 3.63) is 52.8 Å². The summed E-state index contributed by atoms with van der Waals surface area (Å²) >= 11 is 3.36. The van der Waals surface area contributed by atoms with Crippen LogP contribution in [0.2, 0.25) is 0 Å². The lowest BCUT2D eigenvalue weighted by molar-refractivity contribution is 0.102. The number of fused-ring (bicyclic) bond motifs is 1. The van der Waals surface area contributed by atoms with Gasteiger partial charge in [0.15, 0.2) is 5.58 Å². The summed E-state index contributed by atoms with van der Waals surface area (Å²) in [7, 11) is 0. The van der Waals surface area contributed by atoms with Crippen LogP contribution in [-0.2, 0) is 0 Å². The topological polar surface area (TPSA) is 58.0 Å². The predicted molar refractivity (Wildman–Crippen MR) is 72.7 cm³/mol. The average Bonchev–Trinajstić information content (AvgIpc) is 2.88. The molecule has 0 saturated carbocycles. The second kappa shape index (κ2) is 4.34. The van der Waals surface area contributed by atoms with Crippen LogP contribution in [-0.4, -0.2) is 10.9 Å². The molecule has 2 heterocycles. The second-order valence-corrected chi connectivity index (χ2v) is 4.76. The Morgan fingerprint density at radius 2 is 2.17 bits per heavy atom. The summed E-state index contributed by atoms with van der Waals surface area (Å²) in [6.45, 7) is 0. The van der Waals surface area contributed by atoms with Gasteiger partial charge in [0.2, 0.25) is 0 Å². The quantitative estimate of drug-likeness (QED) is 0.757. The molecule has 5 heteroatoms. The van der Waals surface area contributed by atoms with Gasteiger partial charge in [-0.1, -0.05) is 22.0 Å². The van der Waals surface area contributed by atoms with Crippen molar-refractivity contribution in [2.45, 2.75) is 0 Å². The fourth-order valence-electron chi connectivity index (χ4n) is 1.74. The molecule has 90 valence electrons. The molecule has 1 aromatic carbocycles. The Morgan fingerprint density at radius 1 is 1.28 bits per heavy atom. The number of aromatic amines is 1. The number of halogens is 1. The van der Waals surface area contributed by atoms with Crippen LogP contribution >= 0.6 is 15.9 Å². The van der Waals surface area contributed by atoms with E-state index in [0.29, 0.717) is 11.3 Å². The number of furan rings is 1. The Balaban J connectivity index is 1.85. The van der Waals surface area contributed by atoms with Crippen molar-refractivity contribution in [3.8, 4) is 0 Å². The SMILES string of the molecule is O=C(Nc1cccc(Br)c1)c1cc2occc2[nH]1. The van der Waals surface area contributed by atoms with Gasteiger partial charge in [0.25, 0.3) is 5.91 Å². The first kappa shape index (κ1) is 11.1. The highest BCUT2D eigenvalue weighted by Gasteiger charge is 2.11. The van der Waals surface area contributed by atoms with Crippen molar-refractivity contribution in [2.75, 3.05) is 5.32 Å². The highest BCUT2D eigenvalue weighted by atomic mass is 79.9. The normalized spacial score (nSPS) is 10.7. The number of benzene rings is 1. The largest absolute Gasteiger partial charge is 0.463 e. The smallest absolute Gasteiger partial charge is 0.272 e. The van der Waals surface area contributed by atoms with Gasteiger partial charge in [-0.25, -0.2) is 0 Å². The van der Waals surface area contributed by atoms with E-state index in [-0.39, 0.29) is 5.91 Å². The number of carbonyl (C=O) groups excluding carboxylic acids is 1. The monoisotopic (exact) mass is 304 g/mol. The zero-order valence-corrected chi connectivity index (χ0v) is 10.8. The van der Waals surface area contributed by atoms with Crippen molar-refractivity contribution in [3.63, 3.8) is 0 Å². The minimum absolute atomic E-state index is 0.195. The zero-order valence-electron chi connectivity index (χ0n) is 9.24.